The Kier molecular flexibility index (Phi) is 4.24. The van der Waals surface area contributed by atoms with Crippen LogP contribution in [0.1, 0.15) is 23.7 Å². The van der Waals surface area contributed by atoms with Gasteiger partial charge in [-0.25, -0.2) is 8.42 Å². The number of aromatic nitrogens is 4. The number of aromatic amines is 1. The second kappa shape index (κ2) is 5.74. The normalized spacial score (nSPS) is 13.6. The summed E-state index contributed by atoms with van der Waals surface area (Å²) in [4.78, 5) is 0.815. The highest BCUT2D eigenvalue weighted by Gasteiger charge is 2.22. The van der Waals surface area contributed by atoms with Crippen molar-refractivity contribution in [2.75, 3.05) is 6.61 Å². The van der Waals surface area contributed by atoms with E-state index in [-0.39, 0.29) is 16.6 Å². The number of hydrogen-bond donors (Lipinski definition) is 3. The van der Waals surface area contributed by atoms with Crippen molar-refractivity contribution < 1.29 is 13.5 Å². The molecule has 2 aromatic rings. The van der Waals surface area contributed by atoms with Crippen LogP contribution in [0.15, 0.2) is 16.3 Å². The Morgan fingerprint density at radius 1 is 1.53 bits per heavy atom. The molecule has 2 rings (SSSR count). The van der Waals surface area contributed by atoms with Crippen molar-refractivity contribution in [2.24, 2.45) is 0 Å². The molecule has 0 aromatic carbocycles. The lowest BCUT2D eigenvalue weighted by atomic mass is 10.4. The van der Waals surface area contributed by atoms with Gasteiger partial charge in [-0.05, 0) is 19.1 Å². The van der Waals surface area contributed by atoms with Crippen molar-refractivity contribution in [3.05, 3.63) is 22.8 Å². The summed E-state index contributed by atoms with van der Waals surface area (Å²) in [6.45, 7) is 1.62. The number of nitrogens with zero attached hydrogens (tertiary/aromatic N) is 3. The van der Waals surface area contributed by atoms with Gasteiger partial charge >= 0.3 is 0 Å². The van der Waals surface area contributed by atoms with Gasteiger partial charge in [0.2, 0.25) is 0 Å². The van der Waals surface area contributed by atoms with E-state index in [2.05, 4.69) is 25.3 Å². The smallest absolute Gasteiger partial charge is 0.250 e. The molecule has 0 aliphatic carbocycles. The summed E-state index contributed by atoms with van der Waals surface area (Å²) in [5.41, 5.74) is 0. The molecular weight excluding hydrogens is 290 g/mol. The lowest BCUT2D eigenvalue weighted by Gasteiger charge is -2.08. The first-order valence-electron chi connectivity index (χ1n) is 5.48. The number of aliphatic hydroxyl groups excluding tert-OH is 1. The number of thiophene rings is 1. The van der Waals surface area contributed by atoms with E-state index in [9.17, 15) is 8.42 Å². The average Bonchev–Trinajstić information content (AvgIpc) is 2.99. The van der Waals surface area contributed by atoms with Gasteiger partial charge < -0.3 is 5.11 Å². The van der Waals surface area contributed by atoms with E-state index in [1.54, 1.807) is 13.0 Å². The third kappa shape index (κ3) is 3.35. The molecule has 0 saturated heterocycles. The van der Waals surface area contributed by atoms with Crippen LogP contribution in [0.25, 0.3) is 0 Å². The van der Waals surface area contributed by atoms with Gasteiger partial charge in [-0.2, -0.15) is 9.94 Å². The summed E-state index contributed by atoms with van der Waals surface area (Å²) in [6.07, 6.45) is 0.445. The molecule has 19 heavy (non-hydrogen) atoms. The molecule has 2 aromatic heterocycles. The molecule has 0 bridgehead atoms. The maximum Gasteiger partial charge on any atom is 0.250 e. The Labute approximate surface area is 113 Å². The molecule has 0 saturated carbocycles. The van der Waals surface area contributed by atoms with Crippen LogP contribution in [0.3, 0.4) is 0 Å². The van der Waals surface area contributed by atoms with Crippen LogP contribution in [0.4, 0.5) is 0 Å². The van der Waals surface area contributed by atoms with Crippen molar-refractivity contribution >= 4 is 21.4 Å². The molecule has 0 spiro atoms. The standard InChI is InChI=1S/C9H13N5O3S2/c1-6(9-10-13-14-11-9)12-19(16,17)8-3-2-7(18-8)4-5-15/h2-3,6,12,15H,4-5H2,1H3,(H,10,11,13,14). The fraction of sp³-hybridized carbons (Fsp3) is 0.444. The van der Waals surface area contributed by atoms with Crippen LogP contribution in [0.5, 0.6) is 0 Å². The number of aliphatic hydroxyl groups is 1. The van der Waals surface area contributed by atoms with Gasteiger partial charge in [-0.15, -0.1) is 21.5 Å². The van der Waals surface area contributed by atoms with Crippen molar-refractivity contribution in [1.82, 2.24) is 25.3 Å². The maximum atomic E-state index is 12.1. The molecule has 1 atom stereocenters. The first-order valence-corrected chi connectivity index (χ1v) is 7.78. The Hall–Kier alpha value is -1.36. The highest BCUT2D eigenvalue weighted by Crippen LogP contribution is 2.23. The van der Waals surface area contributed by atoms with Crippen molar-refractivity contribution in [3.8, 4) is 0 Å². The topological polar surface area (TPSA) is 121 Å². The number of nitrogens with one attached hydrogen (secondary N) is 2. The minimum absolute atomic E-state index is 0.00725. The number of H-pyrrole nitrogens is 1. The van der Waals surface area contributed by atoms with Crippen LogP contribution in [-0.2, 0) is 16.4 Å². The van der Waals surface area contributed by atoms with Crippen LogP contribution < -0.4 is 4.72 Å². The zero-order valence-electron chi connectivity index (χ0n) is 10.1. The molecule has 2 heterocycles. The molecule has 104 valence electrons. The quantitative estimate of drug-likeness (QED) is 0.681. The van der Waals surface area contributed by atoms with Gasteiger partial charge in [0.1, 0.15) is 4.21 Å². The zero-order chi connectivity index (χ0) is 13.9. The highest BCUT2D eigenvalue weighted by molar-refractivity contribution is 7.91. The molecule has 0 radical (unpaired) electrons. The van der Waals surface area contributed by atoms with E-state index in [0.29, 0.717) is 6.42 Å². The van der Waals surface area contributed by atoms with Gasteiger partial charge in [0.25, 0.3) is 10.0 Å². The largest absolute Gasteiger partial charge is 0.396 e. The van der Waals surface area contributed by atoms with Gasteiger partial charge in [-0.3, -0.25) is 0 Å². The fourth-order valence-electron chi connectivity index (χ4n) is 1.44. The molecular formula is C9H13N5O3S2. The van der Waals surface area contributed by atoms with E-state index in [1.165, 1.54) is 6.07 Å². The van der Waals surface area contributed by atoms with Gasteiger partial charge in [0.05, 0.1) is 6.04 Å². The fourth-order valence-corrected chi connectivity index (χ4v) is 4.01. The summed E-state index contributed by atoms with van der Waals surface area (Å²) in [6, 6.07) is 2.63. The van der Waals surface area contributed by atoms with Crippen molar-refractivity contribution in [3.63, 3.8) is 0 Å². The SMILES string of the molecule is CC(NS(=O)(=O)c1ccc(CCO)s1)c1nn[nH]n1. The van der Waals surface area contributed by atoms with E-state index >= 15 is 0 Å². The number of hydrogen-bond acceptors (Lipinski definition) is 7. The monoisotopic (exact) mass is 303 g/mol. The third-order valence-electron chi connectivity index (χ3n) is 2.34. The third-order valence-corrected chi connectivity index (χ3v) is 5.52. The van der Waals surface area contributed by atoms with Crippen LogP contribution >= 0.6 is 11.3 Å². The molecule has 0 aliphatic heterocycles. The molecule has 10 heteroatoms. The van der Waals surface area contributed by atoms with Crippen molar-refractivity contribution in [2.45, 2.75) is 23.6 Å². The van der Waals surface area contributed by atoms with E-state index in [1.807, 2.05) is 0 Å². The average molecular weight is 303 g/mol. The zero-order valence-corrected chi connectivity index (χ0v) is 11.7. The summed E-state index contributed by atoms with van der Waals surface area (Å²) >= 11 is 1.13. The molecule has 0 fully saturated rings. The maximum absolute atomic E-state index is 12.1. The molecule has 0 amide bonds. The molecule has 3 N–H and O–H groups in total. The molecule has 1 unspecified atom stereocenters. The van der Waals surface area contributed by atoms with E-state index in [4.69, 9.17) is 5.11 Å². The number of rotatable bonds is 6. The van der Waals surface area contributed by atoms with Crippen LogP contribution in [0, 0.1) is 0 Å². The summed E-state index contributed by atoms with van der Waals surface area (Å²) in [5.74, 6) is 0.274. The van der Waals surface area contributed by atoms with Crippen LogP contribution in [0.2, 0.25) is 0 Å². The Morgan fingerprint density at radius 3 is 2.95 bits per heavy atom. The second-order valence-electron chi connectivity index (χ2n) is 3.81. The van der Waals surface area contributed by atoms with Gasteiger partial charge in [-0.1, -0.05) is 5.21 Å². The Bertz CT molecular complexity index is 622. The van der Waals surface area contributed by atoms with Crippen molar-refractivity contribution in [1.29, 1.82) is 0 Å². The minimum atomic E-state index is -3.62. The molecule has 0 aliphatic rings. The van der Waals surface area contributed by atoms with Crippen LogP contribution in [-0.4, -0.2) is 40.8 Å². The first kappa shape index (κ1) is 14.1. The van der Waals surface area contributed by atoms with Gasteiger partial charge in [0.15, 0.2) is 5.82 Å². The Morgan fingerprint density at radius 2 is 2.32 bits per heavy atom. The summed E-state index contributed by atoms with van der Waals surface area (Å²) < 4.78 is 26.9. The minimum Gasteiger partial charge on any atom is -0.396 e. The lowest BCUT2D eigenvalue weighted by molar-refractivity contribution is 0.300. The Balaban J connectivity index is 2.13. The lowest BCUT2D eigenvalue weighted by Crippen LogP contribution is -2.27. The van der Waals surface area contributed by atoms with Gasteiger partial charge in [0, 0.05) is 17.9 Å². The number of tetrazole rings is 1. The first-order chi connectivity index (χ1) is 9.03. The molecule has 8 nitrogen and oxygen atoms in total. The second-order valence-corrected chi connectivity index (χ2v) is 6.92. The predicted octanol–water partition coefficient (Wildman–Crippen LogP) is -0.165. The number of sulfonamides is 1. The predicted molar refractivity (Wildman–Crippen MR) is 68.0 cm³/mol. The summed E-state index contributed by atoms with van der Waals surface area (Å²) in [7, 11) is -3.62. The summed E-state index contributed by atoms with van der Waals surface area (Å²) in [5, 5.41) is 21.9. The van der Waals surface area contributed by atoms with E-state index in [0.717, 1.165) is 16.2 Å². The highest BCUT2D eigenvalue weighted by atomic mass is 32.2. The van der Waals surface area contributed by atoms with E-state index < -0.39 is 16.1 Å².